The summed E-state index contributed by atoms with van der Waals surface area (Å²) in [6.45, 7) is 0. The Morgan fingerprint density at radius 2 is 1.95 bits per heavy atom. The monoisotopic (exact) mass is 263 g/mol. The number of nitrogens with zero attached hydrogens (tertiary/aromatic N) is 1. The number of benzene rings is 1. The van der Waals surface area contributed by atoms with E-state index < -0.39 is 11.8 Å². The topological polar surface area (TPSA) is 111 Å². The van der Waals surface area contributed by atoms with Crippen LogP contribution in [0.5, 0.6) is 11.5 Å². The lowest BCUT2D eigenvalue weighted by Gasteiger charge is -2.01. The highest BCUT2D eigenvalue weighted by molar-refractivity contribution is 6.35. The van der Waals surface area contributed by atoms with Crippen molar-refractivity contribution in [2.75, 3.05) is 0 Å². The Morgan fingerprint density at radius 3 is 2.58 bits per heavy atom. The summed E-state index contributed by atoms with van der Waals surface area (Å²) in [6.07, 6.45) is 3.05. The number of hydrogen-bond donors (Lipinski definition) is 4. The van der Waals surface area contributed by atoms with Gasteiger partial charge in [-0.15, -0.1) is 0 Å². The van der Waals surface area contributed by atoms with E-state index in [1.54, 1.807) is 0 Å². The first-order valence-corrected chi connectivity index (χ1v) is 5.72. The minimum Gasteiger partial charge on any atom is -0.504 e. The number of carbonyl (C=O) groups is 2. The van der Waals surface area contributed by atoms with Gasteiger partial charge in [0.15, 0.2) is 11.5 Å². The number of rotatable bonds is 3. The Hall–Kier alpha value is -2.57. The molecule has 0 bridgehead atoms. The normalized spacial score (nSPS) is 14.3. The molecule has 1 aromatic carbocycles. The standard InChI is InChI=1S/C12H13N3O4/c16-9-4-1-7(5-10(9)17)6-13-15-12(19)11(18)14-8-2-3-8/h1,4-6,8,16-17H,2-3H2,(H,14,18)(H,15,19)/b13-6+. The van der Waals surface area contributed by atoms with Crippen molar-refractivity contribution in [1.82, 2.24) is 10.7 Å². The van der Waals surface area contributed by atoms with Crippen molar-refractivity contribution < 1.29 is 19.8 Å². The van der Waals surface area contributed by atoms with Gasteiger partial charge >= 0.3 is 11.8 Å². The van der Waals surface area contributed by atoms with E-state index in [-0.39, 0.29) is 17.5 Å². The second-order valence-corrected chi connectivity index (χ2v) is 4.20. The number of nitrogens with one attached hydrogen (secondary N) is 2. The van der Waals surface area contributed by atoms with E-state index in [2.05, 4.69) is 15.8 Å². The van der Waals surface area contributed by atoms with Crippen molar-refractivity contribution in [3.63, 3.8) is 0 Å². The van der Waals surface area contributed by atoms with Gasteiger partial charge in [0.2, 0.25) is 0 Å². The average molecular weight is 263 g/mol. The number of aromatic hydroxyl groups is 2. The van der Waals surface area contributed by atoms with E-state index in [0.717, 1.165) is 12.8 Å². The Bertz CT molecular complexity index is 538. The van der Waals surface area contributed by atoms with Gasteiger partial charge in [0.25, 0.3) is 0 Å². The molecule has 1 aliphatic carbocycles. The molecule has 0 heterocycles. The van der Waals surface area contributed by atoms with Crippen LogP contribution in [0, 0.1) is 0 Å². The molecule has 100 valence electrons. The van der Waals surface area contributed by atoms with Gasteiger partial charge in [-0.05, 0) is 36.6 Å². The van der Waals surface area contributed by atoms with E-state index in [4.69, 9.17) is 5.11 Å². The summed E-state index contributed by atoms with van der Waals surface area (Å²) in [6, 6.07) is 4.17. The SMILES string of the molecule is O=C(N/N=C/c1ccc(O)c(O)c1)C(=O)NC1CC1. The molecule has 1 saturated carbocycles. The molecule has 2 rings (SSSR count). The first-order valence-electron chi connectivity index (χ1n) is 5.72. The summed E-state index contributed by atoms with van der Waals surface area (Å²) in [7, 11) is 0. The van der Waals surface area contributed by atoms with Crippen molar-refractivity contribution in [3.05, 3.63) is 23.8 Å². The van der Waals surface area contributed by atoms with Crippen LogP contribution in [0.2, 0.25) is 0 Å². The predicted molar refractivity (Wildman–Crippen MR) is 66.7 cm³/mol. The zero-order chi connectivity index (χ0) is 13.8. The van der Waals surface area contributed by atoms with Crippen molar-refractivity contribution in [1.29, 1.82) is 0 Å². The van der Waals surface area contributed by atoms with Gasteiger partial charge in [-0.2, -0.15) is 5.10 Å². The lowest BCUT2D eigenvalue weighted by atomic mass is 10.2. The van der Waals surface area contributed by atoms with Gasteiger partial charge in [-0.3, -0.25) is 9.59 Å². The van der Waals surface area contributed by atoms with Gasteiger partial charge in [-0.25, -0.2) is 5.43 Å². The van der Waals surface area contributed by atoms with Gasteiger partial charge in [0.1, 0.15) is 0 Å². The fourth-order valence-electron chi connectivity index (χ4n) is 1.32. The van der Waals surface area contributed by atoms with E-state index in [1.807, 2.05) is 0 Å². The maximum atomic E-state index is 11.3. The molecule has 0 aromatic heterocycles. The van der Waals surface area contributed by atoms with Gasteiger partial charge in [-0.1, -0.05) is 0 Å². The molecule has 4 N–H and O–H groups in total. The number of hydrazone groups is 1. The molecule has 0 aliphatic heterocycles. The zero-order valence-electron chi connectivity index (χ0n) is 9.96. The Balaban J connectivity index is 1.86. The smallest absolute Gasteiger partial charge is 0.329 e. The van der Waals surface area contributed by atoms with Crippen molar-refractivity contribution in [2.24, 2.45) is 5.10 Å². The Kier molecular flexibility index (Phi) is 3.65. The molecule has 1 aliphatic rings. The quantitative estimate of drug-likeness (QED) is 0.262. The van der Waals surface area contributed by atoms with Crippen LogP contribution in [0.25, 0.3) is 0 Å². The van der Waals surface area contributed by atoms with Gasteiger partial charge in [0, 0.05) is 6.04 Å². The van der Waals surface area contributed by atoms with Crippen LogP contribution >= 0.6 is 0 Å². The van der Waals surface area contributed by atoms with Gasteiger partial charge in [0.05, 0.1) is 6.21 Å². The van der Waals surface area contributed by atoms with Crippen LogP contribution in [0.15, 0.2) is 23.3 Å². The first kappa shape index (κ1) is 12.9. The molecule has 0 atom stereocenters. The fraction of sp³-hybridized carbons (Fsp3) is 0.250. The van der Waals surface area contributed by atoms with Crippen LogP contribution in [-0.2, 0) is 9.59 Å². The lowest BCUT2D eigenvalue weighted by molar-refractivity contribution is -0.139. The molecule has 0 unspecified atom stereocenters. The summed E-state index contributed by atoms with van der Waals surface area (Å²) < 4.78 is 0. The summed E-state index contributed by atoms with van der Waals surface area (Å²) >= 11 is 0. The van der Waals surface area contributed by atoms with Crippen molar-refractivity contribution >= 4 is 18.0 Å². The number of phenolic OH excluding ortho intramolecular Hbond substituents is 2. The fourth-order valence-corrected chi connectivity index (χ4v) is 1.32. The summed E-state index contributed by atoms with van der Waals surface area (Å²) in [5.41, 5.74) is 2.54. The average Bonchev–Trinajstić information content (AvgIpc) is 3.17. The Labute approximate surface area is 108 Å². The Morgan fingerprint density at radius 1 is 1.21 bits per heavy atom. The minimum atomic E-state index is -0.842. The van der Waals surface area contributed by atoms with E-state index in [1.165, 1.54) is 24.4 Å². The van der Waals surface area contributed by atoms with E-state index in [0.29, 0.717) is 5.56 Å². The number of phenols is 2. The van der Waals surface area contributed by atoms with Crippen molar-refractivity contribution in [2.45, 2.75) is 18.9 Å². The first-order chi connectivity index (χ1) is 9.06. The molecule has 0 saturated heterocycles. The predicted octanol–water partition coefficient (Wildman–Crippen LogP) is -0.174. The molecular weight excluding hydrogens is 250 g/mol. The highest BCUT2D eigenvalue weighted by atomic mass is 16.3. The van der Waals surface area contributed by atoms with Crippen LogP contribution in [0.4, 0.5) is 0 Å². The van der Waals surface area contributed by atoms with Crippen LogP contribution in [0.1, 0.15) is 18.4 Å². The molecule has 1 fully saturated rings. The maximum Gasteiger partial charge on any atom is 0.329 e. The highest BCUT2D eigenvalue weighted by Gasteiger charge is 2.26. The number of carbonyl (C=O) groups excluding carboxylic acids is 2. The molecule has 7 nitrogen and oxygen atoms in total. The molecule has 2 amide bonds. The third kappa shape index (κ3) is 3.70. The summed E-state index contributed by atoms with van der Waals surface area (Å²) in [5, 5.41) is 24.4. The third-order valence-corrected chi connectivity index (χ3v) is 2.50. The summed E-state index contributed by atoms with van der Waals surface area (Å²) in [5.74, 6) is -2.09. The maximum absolute atomic E-state index is 11.3. The summed E-state index contributed by atoms with van der Waals surface area (Å²) in [4.78, 5) is 22.6. The zero-order valence-corrected chi connectivity index (χ0v) is 9.96. The highest BCUT2D eigenvalue weighted by Crippen LogP contribution is 2.23. The molecule has 7 heteroatoms. The molecule has 19 heavy (non-hydrogen) atoms. The second-order valence-electron chi connectivity index (χ2n) is 4.20. The molecule has 1 aromatic rings. The van der Waals surface area contributed by atoms with Gasteiger partial charge < -0.3 is 15.5 Å². The minimum absolute atomic E-state index is 0.108. The molecular formula is C12H13N3O4. The van der Waals surface area contributed by atoms with Crippen LogP contribution in [0.3, 0.4) is 0 Å². The lowest BCUT2D eigenvalue weighted by Crippen LogP contribution is -2.38. The van der Waals surface area contributed by atoms with E-state index >= 15 is 0 Å². The largest absolute Gasteiger partial charge is 0.504 e. The molecule has 0 radical (unpaired) electrons. The number of hydrogen-bond acceptors (Lipinski definition) is 5. The van der Waals surface area contributed by atoms with Crippen LogP contribution in [-0.4, -0.2) is 34.3 Å². The number of amides is 2. The molecule has 0 spiro atoms. The van der Waals surface area contributed by atoms with Crippen molar-refractivity contribution in [3.8, 4) is 11.5 Å². The second kappa shape index (κ2) is 5.38. The van der Waals surface area contributed by atoms with E-state index in [9.17, 15) is 14.7 Å². The van der Waals surface area contributed by atoms with Crippen LogP contribution < -0.4 is 10.7 Å². The third-order valence-electron chi connectivity index (χ3n) is 2.50.